The Morgan fingerprint density at radius 3 is 1.89 bits per heavy atom. The molecule has 3 atom stereocenters. The Hall–Kier alpha value is -1.86. The largest absolute Gasteiger partial charge is 0.134 e. The summed E-state index contributed by atoms with van der Waals surface area (Å²) in [4.78, 5) is 0. The lowest BCUT2D eigenvalue weighted by Crippen LogP contribution is -2.67. The molecule has 148 valence electrons. The van der Waals surface area contributed by atoms with E-state index in [0.717, 1.165) is 0 Å². The van der Waals surface area contributed by atoms with E-state index in [4.69, 9.17) is 0 Å². The van der Waals surface area contributed by atoms with Crippen LogP contribution in [0.4, 0.5) is 0 Å². The van der Waals surface area contributed by atoms with Gasteiger partial charge in [-0.05, 0) is 45.7 Å². The molecule has 0 saturated carbocycles. The predicted molar refractivity (Wildman–Crippen MR) is 128 cm³/mol. The minimum Gasteiger partial charge on any atom is -0.0733 e. The summed E-state index contributed by atoms with van der Waals surface area (Å²) in [5.41, 5.74) is 7.91. The van der Waals surface area contributed by atoms with Crippen LogP contribution < -0.4 is 10.4 Å². The Labute approximate surface area is 173 Å². The van der Waals surface area contributed by atoms with Gasteiger partial charge in [0.25, 0.3) is 0 Å². The summed E-state index contributed by atoms with van der Waals surface area (Å²) >= 11 is 0. The minimum atomic E-state index is -2.19. The maximum atomic E-state index is 2.61. The van der Waals surface area contributed by atoms with Gasteiger partial charge >= 0.3 is 0 Å². The van der Waals surface area contributed by atoms with Crippen molar-refractivity contribution in [3.8, 4) is 0 Å². The zero-order valence-corrected chi connectivity index (χ0v) is 20.0. The second-order valence-corrected chi connectivity index (χ2v) is 13.9. The van der Waals surface area contributed by atoms with Crippen LogP contribution in [-0.4, -0.2) is 8.07 Å². The molecular weight excluding hydrogens is 352 g/mol. The molecule has 0 N–H and O–H groups in total. The van der Waals surface area contributed by atoms with Crippen LogP contribution in [0.25, 0.3) is 0 Å². The second-order valence-electron chi connectivity index (χ2n) is 9.14. The van der Waals surface area contributed by atoms with Gasteiger partial charge in [0.15, 0.2) is 0 Å². The van der Waals surface area contributed by atoms with Crippen molar-refractivity contribution in [3.05, 3.63) is 82.5 Å². The fourth-order valence-corrected chi connectivity index (χ4v) is 13.0. The van der Waals surface area contributed by atoms with Crippen LogP contribution in [0.3, 0.4) is 0 Å². The van der Waals surface area contributed by atoms with Crippen molar-refractivity contribution in [2.24, 2.45) is 0 Å². The molecule has 0 heterocycles. The summed E-state index contributed by atoms with van der Waals surface area (Å²) in [6.07, 6.45) is 3.81. The third kappa shape index (κ3) is 2.95. The molecule has 2 aromatic carbocycles. The molecule has 0 radical (unpaired) electrons. The Morgan fingerprint density at radius 1 is 0.857 bits per heavy atom. The SMILES string of the molecule is CCC(C)[Si](c1ccccc1)(c1cc(C)cc(C)c1)C1(C)C=C(C)C(C)=C1C. The van der Waals surface area contributed by atoms with E-state index in [1.54, 1.807) is 15.9 Å². The van der Waals surface area contributed by atoms with E-state index in [2.05, 4.69) is 110 Å². The van der Waals surface area contributed by atoms with Crippen LogP contribution in [0.1, 0.15) is 59.1 Å². The third-order valence-corrected chi connectivity index (χ3v) is 14.0. The van der Waals surface area contributed by atoms with Crippen molar-refractivity contribution >= 4 is 18.4 Å². The first kappa shape index (κ1) is 20.9. The van der Waals surface area contributed by atoms with Crippen molar-refractivity contribution in [2.75, 3.05) is 0 Å². The van der Waals surface area contributed by atoms with Crippen LogP contribution >= 0.6 is 0 Å². The molecule has 1 aliphatic rings. The molecule has 0 aliphatic heterocycles. The normalized spacial score (nSPS) is 22.8. The zero-order chi connectivity index (χ0) is 20.7. The standard InChI is InChI=1S/C27H36Si/c1-9-22(5)28(25-13-11-10-12-14-25,26-16-19(2)15-20(3)17-26)27(8)18-21(4)23(6)24(27)7/h10-18,22H,9H2,1-8H3. The number of allylic oxidation sites excluding steroid dienone is 4. The molecule has 0 aromatic heterocycles. The van der Waals surface area contributed by atoms with Gasteiger partial charge in [0.1, 0.15) is 8.07 Å². The van der Waals surface area contributed by atoms with E-state index in [1.165, 1.54) is 28.7 Å². The highest BCUT2D eigenvalue weighted by atomic mass is 28.3. The van der Waals surface area contributed by atoms with E-state index in [0.29, 0.717) is 5.54 Å². The van der Waals surface area contributed by atoms with Crippen molar-refractivity contribution in [3.63, 3.8) is 0 Å². The molecule has 3 unspecified atom stereocenters. The first-order chi connectivity index (χ1) is 13.2. The van der Waals surface area contributed by atoms with Crippen LogP contribution in [0.15, 0.2) is 71.3 Å². The first-order valence-electron chi connectivity index (χ1n) is 10.7. The van der Waals surface area contributed by atoms with Gasteiger partial charge in [0.2, 0.25) is 0 Å². The van der Waals surface area contributed by atoms with Gasteiger partial charge in [-0.3, -0.25) is 0 Å². The van der Waals surface area contributed by atoms with Gasteiger partial charge in [0, 0.05) is 5.04 Å². The number of hydrogen-bond acceptors (Lipinski definition) is 0. The van der Waals surface area contributed by atoms with Gasteiger partial charge in [0.05, 0.1) is 0 Å². The lowest BCUT2D eigenvalue weighted by Gasteiger charge is -2.50. The molecule has 0 saturated heterocycles. The summed E-state index contributed by atoms with van der Waals surface area (Å²) in [6, 6.07) is 18.8. The van der Waals surface area contributed by atoms with Crippen LogP contribution in [0, 0.1) is 13.8 Å². The van der Waals surface area contributed by atoms with Gasteiger partial charge in [-0.25, -0.2) is 0 Å². The molecule has 1 aliphatic carbocycles. The highest BCUT2D eigenvalue weighted by Crippen LogP contribution is 2.56. The van der Waals surface area contributed by atoms with Gasteiger partial charge in [-0.1, -0.05) is 114 Å². The van der Waals surface area contributed by atoms with E-state index in [9.17, 15) is 0 Å². The molecule has 0 fully saturated rings. The van der Waals surface area contributed by atoms with Crippen molar-refractivity contribution < 1.29 is 0 Å². The Balaban J connectivity index is 2.49. The maximum Gasteiger partial charge on any atom is 0.134 e. The van der Waals surface area contributed by atoms with Crippen LogP contribution in [-0.2, 0) is 0 Å². The topological polar surface area (TPSA) is 0 Å². The van der Waals surface area contributed by atoms with E-state index in [-0.39, 0.29) is 5.04 Å². The lowest BCUT2D eigenvalue weighted by atomic mass is 10.0. The average Bonchev–Trinajstić information content (AvgIpc) is 2.86. The number of hydrogen-bond donors (Lipinski definition) is 0. The molecule has 0 amide bonds. The molecule has 0 bridgehead atoms. The Kier molecular flexibility index (Phi) is 5.60. The fourth-order valence-electron chi connectivity index (χ4n) is 5.80. The quantitative estimate of drug-likeness (QED) is 0.499. The number of rotatable bonds is 5. The monoisotopic (exact) mass is 388 g/mol. The fraction of sp³-hybridized carbons (Fsp3) is 0.407. The van der Waals surface area contributed by atoms with Crippen molar-refractivity contribution in [1.82, 2.24) is 0 Å². The molecule has 3 rings (SSSR count). The summed E-state index contributed by atoms with van der Waals surface area (Å²) < 4.78 is 0. The van der Waals surface area contributed by atoms with E-state index >= 15 is 0 Å². The highest BCUT2D eigenvalue weighted by molar-refractivity contribution is 7.06. The maximum absolute atomic E-state index is 2.61. The summed E-state index contributed by atoms with van der Waals surface area (Å²) in [5, 5.41) is 3.24. The molecule has 0 nitrogen and oxygen atoms in total. The summed E-state index contributed by atoms with van der Waals surface area (Å²) in [7, 11) is -2.19. The molecule has 0 spiro atoms. The van der Waals surface area contributed by atoms with Crippen LogP contribution in [0.5, 0.6) is 0 Å². The average molecular weight is 389 g/mol. The minimum absolute atomic E-state index is 0.0815. The smallest absolute Gasteiger partial charge is 0.0733 e. The number of benzene rings is 2. The summed E-state index contributed by atoms with van der Waals surface area (Å²) in [5.74, 6) is 0. The second kappa shape index (κ2) is 7.52. The molecular formula is C27H36Si. The van der Waals surface area contributed by atoms with Crippen molar-refractivity contribution in [1.29, 1.82) is 0 Å². The van der Waals surface area contributed by atoms with Gasteiger partial charge < -0.3 is 0 Å². The van der Waals surface area contributed by atoms with E-state index in [1.807, 2.05) is 0 Å². The zero-order valence-electron chi connectivity index (χ0n) is 19.0. The highest BCUT2D eigenvalue weighted by Gasteiger charge is 2.57. The summed E-state index contributed by atoms with van der Waals surface area (Å²) in [6.45, 7) is 18.9. The Morgan fingerprint density at radius 2 is 1.43 bits per heavy atom. The Bertz CT molecular complexity index is 914. The predicted octanol–water partition coefficient (Wildman–Crippen LogP) is 6.72. The first-order valence-corrected chi connectivity index (χ1v) is 12.8. The van der Waals surface area contributed by atoms with E-state index < -0.39 is 8.07 Å². The van der Waals surface area contributed by atoms with Crippen LogP contribution in [0.2, 0.25) is 10.6 Å². The van der Waals surface area contributed by atoms with Gasteiger partial charge in [-0.2, -0.15) is 0 Å². The van der Waals surface area contributed by atoms with Gasteiger partial charge in [-0.15, -0.1) is 0 Å². The third-order valence-electron chi connectivity index (χ3n) is 7.52. The molecule has 28 heavy (non-hydrogen) atoms. The van der Waals surface area contributed by atoms with Crippen molar-refractivity contribution in [2.45, 2.75) is 72.4 Å². The number of aryl methyl sites for hydroxylation is 2. The molecule has 2 aromatic rings. The lowest BCUT2D eigenvalue weighted by molar-refractivity contribution is 0.770. The molecule has 1 heteroatoms.